The van der Waals surface area contributed by atoms with Crippen LogP contribution in [0.3, 0.4) is 0 Å². The molecule has 3 nitrogen and oxygen atoms in total. The van der Waals surface area contributed by atoms with E-state index in [1.54, 1.807) is 25.3 Å². The highest BCUT2D eigenvalue weighted by Crippen LogP contribution is 2.39. The van der Waals surface area contributed by atoms with E-state index in [0.717, 1.165) is 25.7 Å². The maximum absolute atomic E-state index is 13.1. The number of hydrogen-bond donors (Lipinski definition) is 0. The molecule has 1 aliphatic rings. The molecule has 0 amide bonds. The fraction of sp³-hybridized carbons (Fsp3) is 0.588. The average Bonchev–Trinajstić information content (AvgIpc) is 2.49. The predicted octanol–water partition coefficient (Wildman–Crippen LogP) is 4.52. The minimum atomic E-state index is -0.723. The van der Waals surface area contributed by atoms with Crippen molar-refractivity contribution in [3.05, 3.63) is 28.8 Å². The third-order valence-electron chi connectivity index (χ3n) is 4.32. The lowest BCUT2D eigenvalue weighted by atomic mass is 9.75. The monoisotopic (exact) mass is 310 g/mol. The van der Waals surface area contributed by atoms with Crippen LogP contribution in [0.5, 0.6) is 5.75 Å². The van der Waals surface area contributed by atoms with Crippen LogP contribution in [0, 0.1) is 5.92 Å². The van der Waals surface area contributed by atoms with Gasteiger partial charge in [-0.05, 0) is 56.7 Å². The fourth-order valence-electron chi connectivity index (χ4n) is 3.04. The highest BCUT2D eigenvalue weighted by molar-refractivity contribution is 6.31. The van der Waals surface area contributed by atoms with Crippen molar-refractivity contribution < 1.29 is 14.3 Å². The highest BCUT2D eigenvalue weighted by Gasteiger charge is 2.43. The molecule has 0 bridgehead atoms. The quantitative estimate of drug-likeness (QED) is 0.750. The zero-order valence-corrected chi connectivity index (χ0v) is 13.7. The second-order valence-corrected chi connectivity index (χ2v) is 6.22. The minimum Gasteiger partial charge on any atom is -0.496 e. The van der Waals surface area contributed by atoms with Gasteiger partial charge in [-0.2, -0.15) is 0 Å². The largest absolute Gasteiger partial charge is 0.496 e. The normalized spacial score (nSPS) is 25.6. The molecule has 1 fully saturated rings. The number of methoxy groups -OCH3 is 1. The van der Waals surface area contributed by atoms with Crippen molar-refractivity contribution in [2.24, 2.45) is 5.92 Å². The maximum atomic E-state index is 13.1. The molecule has 0 unspecified atom stereocenters. The van der Waals surface area contributed by atoms with E-state index in [0.29, 0.717) is 28.9 Å². The van der Waals surface area contributed by atoms with Crippen LogP contribution in [0.25, 0.3) is 0 Å². The van der Waals surface area contributed by atoms with E-state index in [1.165, 1.54) is 0 Å². The molecule has 1 saturated carbocycles. The van der Waals surface area contributed by atoms with Gasteiger partial charge in [0.2, 0.25) is 0 Å². The Hall–Kier alpha value is -1.06. The van der Waals surface area contributed by atoms with Crippen molar-refractivity contribution in [3.63, 3.8) is 0 Å². The third kappa shape index (κ3) is 3.41. The molecule has 2 rings (SSSR count). The summed E-state index contributed by atoms with van der Waals surface area (Å²) in [5.74, 6) is 1.20. The van der Waals surface area contributed by atoms with Gasteiger partial charge in [-0.1, -0.05) is 18.5 Å². The number of carbonyl (C=O) groups is 1. The van der Waals surface area contributed by atoms with Crippen LogP contribution in [-0.4, -0.2) is 25.1 Å². The van der Waals surface area contributed by atoms with Crippen LogP contribution in [0.15, 0.2) is 18.2 Å². The molecular weight excluding hydrogens is 288 g/mol. The smallest absolute Gasteiger partial charge is 0.198 e. The Morgan fingerprint density at radius 2 is 2.05 bits per heavy atom. The van der Waals surface area contributed by atoms with E-state index in [2.05, 4.69) is 6.92 Å². The number of rotatable bonds is 5. The first-order chi connectivity index (χ1) is 10.0. The van der Waals surface area contributed by atoms with E-state index >= 15 is 0 Å². The van der Waals surface area contributed by atoms with Gasteiger partial charge >= 0.3 is 0 Å². The molecule has 0 aliphatic heterocycles. The Morgan fingerprint density at radius 3 is 2.62 bits per heavy atom. The van der Waals surface area contributed by atoms with Gasteiger partial charge in [-0.3, -0.25) is 4.79 Å². The van der Waals surface area contributed by atoms with E-state index in [4.69, 9.17) is 21.1 Å². The standard InChI is InChI=1S/C17H23ClO3/c1-4-21-17(9-7-12(2)8-10-17)16(19)14-11-13(18)5-6-15(14)20-3/h5-6,11-12H,4,7-10H2,1-3H3. The van der Waals surface area contributed by atoms with Crippen molar-refractivity contribution in [1.29, 1.82) is 0 Å². The van der Waals surface area contributed by atoms with E-state index in [1.807, 2.05) is 6.92 Å². The zero-order chi connectivity index (χ0) is 15.5. The van der Waals surface area contributed by atoms with Gasteiger partial charge in [0.05, 0.1) is 12.7 Å². The number of benzene rings is 1. The molecule has 4 heteroatoms. The van der Waals surface area contributed by atoms with Crippen LogP contribution in [0.1, 0.15) is 49.9 Å². The molecule has 21 heavy (non-hydrogen) atoms. The van der Waals surface area contributed by atoms with Crippen LogP contribution in [-0.2, 0) is 4.74 Å². The lowest BCUT2D eigenvalue weighted by molar-refractivity contribution is -0.0475. The number of halogens is 1. The molecule has 0 spiro atoms. The van der Waals surface area contributed by atoms with Gasteiger partial charge < -0.3 is 9.47 Å². The van der Waals surface area contributed by atoms with Crippen LogP contribution >= 0.6 is 11.6 Å². The van der Waals surface area contributed by atoms with Gasteiger partial charge in [0.15, 0.2) is 5.78 Å². The van der Waals surface area contributed by atoms with Crippen molar-refractivity contribution in [2.75, 3.05) is 13.7 Å². The number of ether oxygens (including phenoxy) is 2. The summed E-state index contributed by atoms with van der Waals surface area (Å²) in [6.07, 6.45) is 3.54. The van der Waals surface area contributed by atoms with Gasteiger partial charge in [-0.25, -0.2) is 0 Å². The number of ketones is 1. The Bertz CT molecular complexity index is 505. The molecule has 0 atom stereocenters. The molecule has 1 aromatic carbocycles. The molecule has 0 saturated heterocycles. The molecule has 1 aromatic rings. The number of hydrogen-bond acceptors (Lipinski definition) is 3. The Balaban J connectivity index is 2.37. The summed E-state index contributed by atoms with van der Waals surface area (Å²) in [5.41, 5.74) is -0.202. The maximum Gasteiger partial charge on any atom is 0.198 e. The van der Waals surface area contributed by atoms with E-state index in [-0.39, 0.29) is 5.78 Å². The zero-order valence-electron chi connectivity index (χ0n) is 12.9. The lowest BCUT2D eigenvalue weighted by Gasteiger charge is -2.38. The highest BCUT2D eigenvalue weighted by atomic mass is 35.5. The van der Waals surface area contributed by atoms with Crippen molar-refractivity contribution in [2.45, 2.75) is 45.1 Å². The minimum absolute atomic E-state index is 0.00407. The van der Waals surface area contributed by atoms with Gasteiger partial charge in [0.25, 0.3) is 0 Å². The van der Waals surface area contributed by atoms with Gasteiger partial charge in [-0.15, -0.1) is 0 Å². The summed E-state index contributed by atoms with van der Waals surface area (Å²) in [6.45, 7) is 4.69. The van der Waals surface area contributed by atoms with Crippen molar-refractivity contribution in [3.8, 4) is 5.75 Å². The Kier molecular flexibility index (Phi) is 5.28. The summed E-state index contributed by atoms with van der Waals surface area (Å²) in [4.78, 5) is 13.1. The SMILES string of the molecule is CCOC1(C(=O)c2cc(Cl)ccc2OC)CCC(C)CC1. The van der Waals surface area contributed by atoms with Crippen LogP contribution in [0.4, 0.5) is 0 Å². The predicted molar refractivity (Wildman–Crippen MR) is 84.3 cm³/mol. The first kappa shape index (κ1) is 16.3. The number of Topliss-reactive ketones (excluding diaryl/α,β-unsaturated/α-hetero) is 1. The van der Waals surface area contributed by atoms with Crippen molar-refractivity contribution >= 4 is 17.4 Å². The second kappa shape index (κ2) is 6.80. The molecule has 0 aromatic heterocycles. The summed E-state index contributed by atoms with van der Waals surface area (Å²) >= 11 is 6.05. The first-order valence-electron chi connectivity index (χ1n) is 7.54. The fourth-order valence-corrected chi connectivity index (χ4v) is 3.22. The number of carbonyl (C=O) groups excluding carboxylic acids is 1. The summed E-state index contributed by atoms with van der Waals surface area (Å²) in [5, 5.41) is 0.537. The van der Waals surface area contributed by atoms with Crippen molar-refractivity contribution in [1.82, 2.24) is 0 Å². The summed E-state index contributed by atoms with van der Waals surface area (Å²) in [7, 11) is 1.57. The first-order valence-corrected chi connectivity index (χ1v) is 7.92. The second-order valence-electron chi connectivity index (χ2n) is 5.78. The van der Waals surface area contributed by atoms with Gasteiger partial charge in [0, 0.05) is 11.6 Å². The summed E-state index contributed by atoms with van der Waals surface area (Å²) < 4.78 is 11.2. The van der Waals surface area contributed by atoms with Crippen LogP contribution < -0.4 is 4.74 Å². The molecule has 0 heterocycles. The average molecular weight is 311 g/mol. The Morgan fingerprint density at radius 1 is 1.38 bits per heavy atom. The van der Waals surface area contributed by atoms with Crippen LogP contribution in [0.2, 0.25) is 5.02 Å². The van der Waals surface area contributed by atoms with E-state index in [9.17, 15) is 4.79 Å². The molecule has 0 radical (unpaired) electrons. The Labute approximate surface area is 131 Å². The molecular formula is C17H23ClO3. The molecule has 116 valence electrons. The molecule has 0 N–H and O–H groups in total. The topological polar surface area (TPSA) is 35.5 Å². The summed E-state index contributed by atoms with van der Waals surface area (Å²) in [6, 6.07) is 5.15. The third-order valence-corrected chi connectivity index (χ3v) is 4.56. The lowest BCUT2D eigenvalue weighted by Crippen LogP contribution is -2.44. The molecule has 1 aliphatic carbocycles. The van der Waals surface area contributed by atoms with E-state index < -0.39 is 5.60 Å². The van der Waals surface area contributed by atoms with Gasteiger partial charge in [0.1, 0.15) is 11.4 Å².